The highest BCUT2D eigenvalue weighted by Gasteiger charge is 2.24. The molecule has 0 bridgehead atoms. The third-order valence-corrected chi connectivity index (χ3v) is 2.99. The van der Waals surface area contributed by atoms with Crippen molar-refractivity contribution in [1.82, 2.24) is 15.0 Å². The van der Waals surface area contributed by atoms with E-state index >= 15 is 0 Å². The first kappa shape index (κ1) is 16.9. The molecule has 120 valence electrons. The highest BCUT2D eigenvalue weighted by Crippen LogP contribution is 2.30. The molecule has 2 heterocycles. The van der Waals surface area contributed by atoms with Gasteiger partial charge < -0.3 is 5.32 Å². The lowest BCUT2D eigenvalue weighted by Gasteiger charge is -2.10. The Kier molecular flexibility index (Phi) is 5.28. The summed E-state index contributed by atoms with van der Waals surface area (Å²) in [5.74, 6) is 0.143. The maximum Gasteiger partial charge on any atom is 0.282 e. The van der Waals surface area contributed by atoms with E-state index < -0.39 is 24.2 Å². The minimum Gasteiger partial charge on any atom is -0.356 e. The van der Waals surface area contributed by atoms with E-state index in [1.165, 1.54) is 12.1 Å². The molecule has 0 saturated heterocycles. The largest absolute Gasteiger partial charge is 0.356 e. The molecule has 2 aromatic heterocycles. The number of nitriles is 1. The first-order chi connectivity index (χ1) is 10.9. The Balaban J connectivity index is 2.46. The zero-order chi connectivity index (χ0) is 17.0. The first-order valence-electron chi connectivity index (χ1n) is 6.15. The van der Waals surface area contributed by atoms with E-state index in [1.807, 2.05) is 6.07 Å². The molecule has 1 N–H and O–H groups in total. The van der Waals surface area contributed by atoms with Crippen LogP contribution in [0.3, 0.4) is 0 Å². The molecule has 0 unspecified atom stereocenters. The molecule has 0 saturated carbocycles. The number of hydrogen-bond acceptors (Lipinski definition) is 5. The molecular formula is C13H8ClF4N5. The van der Waals surface area contributed by atoms with Gasteiger partial charge in [-0.15, -0.1) is 0 Å². The van der Waals surface area contributed by atoms with Crippen LogP contribution in [-0.4, -0.2) is 21.5 Å². The molecule has 0 amide bonds. The minimum absolute atomic E-state index is 0.0749. The fraction of sp³-hybridized carbons (Fsp3) is 0.231. The molecule has 0 spiro atoms. The van der Waals surface area contributed by atoms with E-state index in [1.54, 1.807) is 0 Å². The predicted molar refractivity (Wildman–Crippen MR) is 74.3 cm³/mol. The van der Waals surface area contributed by atoms with Crippen LogP contribution >= 0.6 is 11.6 Å². The first-order valence-corrected chi connectivity index (χ1v) is 6.52. The second kappa shape index (κ2) is 7.19. The molecule has 0 atom stereocenters. The Bertz CT molecular complexity index is 748. The third-order valence-electron chi connectivity index (χ3n) is 2.69. The van der Waals surface area contributed by atoms with Crippen LogP contribution in [0.1, 0.15) is 24.2 Å². The van der Waals surface area contributed by atoms with Gasteiger partial charge in [-0.05, 0) is 12.1 Å². The zero-order valence-electron chi connectivity index (χ0n) is 11.3. The van der Waals surface area contributed by atoms with E-state index in [0.29, 0.717) is 0 Å². The molecule has 5 nitrogen and oxygen atoms in total. The Hall–Kier alpha value is -2.47. The van der Waals surface area contributed by atoms with Gasteiger partial charge in [0.2, 0.25) is 0 Å². The van der Waals surface area contributed by atoms with E-state index in [9.17, 15) is 17.6 Å². The van der Waals surface area contributed by atoms with Crippen LogP contribution in [0.5, 0.6) is 0 Å². The van der Waals surface area contributed by atoms with Gasteiger partial charge in [0.1, 0.15) is 29.4 Å². The maximum absolute atomic E-state index is 12.9. The third kappa shape index (κ3) is 3.84. The highest BCUT2D eigenvalue weighted by molar-refractivity contribution is 6.32. The summed E-state index contributed by atoms with van der Waals surface area (Å²) in [6.07, 6.45) is -5.43. The van der Waals surface area contributed by atoms with E-state index in [4.69, 9.17) is 16.9 Å². The van der Waals surface area contributed by atoms with Gasteiger partial charge >= 0.3 is 0 Å². The van der Waals surface area contributed by atoms with Crippen molar-refractivity contribution in [2.24, 2.45) is 0 Å². The number of aromatic nitrogens is 3. The number of nitrogens with zero attached hydrogens (tertiary/aromatic N) is 4. The summed E-state index contributed by atoms with van der Waals surface area (Å²) in [5, 5.41) is 11.3. The van der Waals surface area contributed by atoms with Gasteiger partial charge in [-0.3, -0.25) is 4.98 Å². The quantitative estimate of drug-likeness (QED) is 0.654. The topological polar surface area (TPSA) is 74.5 Å². The average Bonchev–Trinajstić information content (AvgIpc) is 2.53. The maximum atomic E-state index is 12.9. The summed E-state index contributed by atoms with van der Waals surface area (Å²) in [5.41, 5.74) is -2.17. The van der Waals surface area contributed by atoms with Crippen molar-refractivity contribution in [3.63, 3.8) is 0 Å². The predicted octanol–water partition coefficient (Wildman–Crippen LogP) is 4.00. The summed E-state index contributed by atoms with van der Waals surface area (Å²) in [6.45, 7) is -0.0749. The van der Waals surface area contributed by atoms with Crippen molar-refractivity contribution in [3.05, 3.63) is 34.7 Å². The van der Waals surface area contributed by atoms with Gasteiger partial charge in [0.15, 0.2) is 0 Å². The molecule has 10 heteroatoms. The normalized spacial score (nSPS) is 10.9. The van der Waals surface area contributed by atoms with Gasteiger partial charge in [0, 0.05) is 0 Å². The van der Waals surface area contributed by atoms with Gasteiger partial charge in [0.05, 0.1) is 23.0 Å². The lowest BCUT2D eigenvalue weighted by molar-refractivity contribution is 0.116. The lowest BCUT2D eigenvalue weighted by atomic mass is 10.2. The molecule has 0 aliphatic heterocycles. The molecule has 2 rings (SSSR count). The minimum atomic E-state index is -3.20. The molecule has 0 aromatic carbocycles. The fourth-order valence-corrected chi connectivity index (χ4v) is 1.87. The van der Waals surface area contributed by atoms with Crippen LogP contribution in [0.4, 0.5) is 23.4 Å². The summed E-state index contributed by atoms with van der Waals surface area (Å²) in [4.78, 5) is 10.9. The smallest absolute Gasteiger partial charge is 0.282 e. The number of hydrogen-bond donors (Lipinski definition) is 1. The van der Waals surface area contributed by atoms with Gasteiger partial charge in [0.25, 0.3) is 12.9 Å². The van der Waals surface area contributed by atoms with E-state index in [2.05, 4.69) is 20.3 Å². The van der Waals surface area contributed by atoms with Crippen LogP contribution in [-0.2, 0) is 0 Å². The van der Waals surface area contributed by atoms with Gasteiger partial charge in [-0.25, -0.2) is 27.5 Å². The Morgan fingerprint density at radius 3 is 2.39 bits per heavy atom. The average molecular weight is 346 g/mol. The van der Waals surface area contributed by atoms with Crippen molar-refractivity contribution < 1.29 is 17.6 Å². The van der Waals surface area contributed by atoms with Crippen LogP contribution in [0.2, 0.25) is 5.02 Å². The summed E-state index contributed by atoms with van der Waals surface area (Å²) >= 11 is 5.88. The SMILES string of the molecule is N#CCNc1nc(-c2cnc(C(F)F)c(C(F)F)n2)ccc1Cl. The van der Waals surface area contributed by atoms with Crippen molar-refractivity contribution in [2.75, 3.05) is 11.9 Å². The molecule has 0 aliphatic carbocycles. The number of nitrogens with one attached hydrogen (secondary N) is 1. The van der Waals surface area contributed by atoms with Crippen molar-refractivity contribution in [2.45, 2.75) is 12.9 Å². The second-order valence-electron chi connectivity index (χ2n) is 4.17. The second-order valence-corrected chi connectivity index (χ2v) is 4.57. The Labute approximate surface area is 133 Å². The summed E-state index contributed by atoms with van der Waals surface area (Å²) < 4.78 is 51.1. The van der Waals surface area contributed by atoms with Crippen LogP contribution < -0.4 is 5.32 Å². The van der Waals surface area contributed by atoms with Crippen LogP contribution in [0.15, 0.2) is 18.3 Å². The molecule has 2 aromatic rings. The number of rotatable bonds is 5. The van der Waals surface area contributed by atoms with Crippen LogP contribution in [0.25, 0.3) is 11.4 Å². The molecule has 0 aliphatic rings. The molecule has 23 heavy (non-hydrogen) atoms. The van der Waals surface area contributed by atoms with E-state index in [-0.39, 0.29) is 28.8 Å². The lowest BCUT2D eigenvalue weighted by Crippen LogP contribution is -2.06. The van der Waals surface area contributed by atoms with Gasteiger partial charge in [-0.1, -0.05) is 11.6 Å². The monoisotopic (exact) mass is 345 g/mol. The van der Waals surface area contributed by atoms with Crippen molar-refractivity contribution in [3.8, 4) is 17.5 Å². The van der Waals surface area contributed by atoms with Crippen LogP contribution in [0, 0.1) is 11.3 Å². The standard InChI is InChI=1S/C13H8ClF4N5/c14-6-1-2-7(23-13(6)20-4-3-19)8-5-21-9(11(15)16)10(22-8)12(17)18/h1-2,5,11-12H,4H2,(H,20,23). The van der Waals surface area contributed by atoms with Gasteiger partial charge in [-0.2, -0.15) is 5.26 Å². The summed E-state index contributed by atoms with van der Waals surface area (Å²) in [6, 6.07) is 4.61. The fourth-order valence-electron chi connectivity index (χ4n) is 1.70. The van der Waals surface area contributed by atoms with Crippen molar-refractivity contribution in [1.29, 1.82) is 5.26 Å². The molecular weight excluding hydrogens is 338 g/mol. The molecule has 0 fully saturated rings. The highest BCUT2D eigenvalue weighted by atomic mass is 35.5. The van der Waals surface area contributed by atoms with Crippen molar-refractivity contribution >= 4 is 17.4 Å². The number of halogens is 5. The summed E-state index contributed by atoms with van der Waals surface area (Å²) in [7, 11) is 0. The zero-order valence-corrected chi connectivity index (χ0v) is 12.0. The number of pyridine rings is 1. The number of alkyl halides is 4. The Morgan fingerprint density at radius 1 is 1.09 bits per heavy atom. The number of anilines is 1. The molecule has 0 radical (unpaired) electrons. The Morgan fingerprint density at radius 2 is 1.78 bits per heavy atom. The van der Waals surface area contributed by atoms with E-state index in [0.717, 1.165) is 6.20 Å².